The van der Waals surface area contributed by atoms with Crippen LogP contribution in [0.1, 0.15) is 0 Å². The fraction of sp³-hybridized carbons (Fsp3) is 0. The Labute approximate surface area is 85.2 Å². The molecule has 0 nitrogen and oxygen atoms in total. The van der Waals surface area contributed by atoms with E-state index in [1.54, 1.807) is 0 Å². The molecule has 0 unspecified atom stereocenters. The molecule has 1 rings (SSSR count). The average molecular weight is 226 g/mol. The van der Waals surface area contributed by atoms with Crippen molar-refractivity contribution in [2.75, 3.05) is 0 Å². The summed E-state index contributed by atoms with van der Waals surface area (Å²) in [5, 5.41) is 0.729. The van der Waals surface area contributed by atoms with E-state index < -0.39 is 0 Å². The molecule has 0 heterocycles. The molecular weight excluding hydrogens is 220 g/mol. The summed E-state index contributed by atoms with van der Waals surface area (Å²) >= 11 is 5.65. The fourth-order valence-electron chi connectivity index (χ4n) is 0.498. The van der Waals surface area contributed by atoms with Crippen molar-refractivity contribution in [3.05, 3.63) is 41.8 Å². The predicted molar refractivity (Wildman–Crippen MR) is 36.5 cm³/mol. The Kier molecular flexibility index (Phi) is 8.03. The average Bonchev–Trinajstić information content (AvgIpc) is 1.77. The van der Waals surface area contributed by atoms with Gasteiger partial charge in [-0.25, -0.2) is 0 Å². The Morgan fingerprint density at radius 1 is 1.30 bits per heavy atom. The minimum atomic E-state index is 0. The Morgan fingerprint density at radius 2 is 1.90 bits per heavy atom. The summed E-state index contributed by atoms with van der Waals surface area (Å²) in [6.45, 7) is 3.69. The maximum absolute atomic E-state index is 5.65. The molecule has 0 aromatic heterocycles. The molecule has 0 fully saturated rings. The first kappa shape index (κ1) is 13.0. The zero-order chi connectivity index (χ0) is 5.98. The minimum Gasteiger partial charge on any atom is -1.00 e. The summed E-state index contributed by atoms with van der Waals surface area (Å²) in [6, 6.07) is 0. The minimum absolute atomic E-state index is 0. The van der Waals surface area contributed by atoms with Gasteiger partial charge < -0.3 is 12.4 Å². The summed E-state index contributed by atoms with van der Waals surface area (Å²) in [5.74, 6) is 0. The van der Waals surface area contributed by atoms with Crippen molar-refractivity contribution >= 4 is 11.6 Å². The van der Waals surface area contributed by atoms with Crippen LogP contribution in [0.2, 0.25) is 0 Å². The molecule has 0 aromatic carbocycles. The van der Waals surface area contributed by atoms with Crippen LogP contribution in [0.15, 0.2) is 35.4 Å². The number of halogens is 2. The number of hydrogen-bond acceptors (Lipinski definition) is 0. The van der Waals surface area contributed by atoms with E-state index in [4.69, 9.17) is 11.6 Å². The number of allylic oxidation sites excluding steroid dienone is 5. The summed E-state index contributed by atoms with van der Waals surface area (Å²) in [6.07, 6.45) is 7.50. The van der Waals surface area contributed by atoms with Crippen LogP contribution >= 0.6 is 11.6 Å². The third-order valence-corrected chi connectivity index (χ3v) is 1.33. The second kappa shape index (κ2) is 6.15. The molecule has 1 aliphatic carbocycles. The second-order valence-electron chi connectivity index (χ2n) is 1.59. The Hall–Kier alpha value is 0.423. The standard InChI is InChI=1S/C7H6Cl.ClH.Zn/c1-6-4-2-3-5-7(6)8;;/h2-5H,1H2;1H;/p-1. The third-order valence-electron chi connectivity index (χ3n) is 0.958. The molecule has 3 heteroatoms. The van der Waals surface area contributed by atoms with E-state index in [0.717, 1.165) is 10.6 Å². The molecule has 0 N–H and O–H groups in total. The topological polar surface area (TPSA) is 0 Å². The molecule has 1 aliphatic rings. The number of rotatable bonds is 0. The van der Waals surface area contributed by atoms with Gasteiger partial charge in [-0.3, -0.25) is 0 Å². The van der Waals surface area contributed by atoms with Crippen molar-refractivity contribution in [3.8, 4) is 0 Å². The monoisotopic (exact) mass is 224 g/mol. The van der Waals surface area contributed by atoms with Crippen molar-refractivity contribution in [1.82, 2.24) is 0 Å². The molecule has 0 amide bonds. The summed E-state index contributed by atoms with van der Waals surface area (Å²) in [7, 11) is 0. The van der Waals surface area contributed by atoms with Gasteiger partial charge in [-0.15, -0.1) is 0 Å². The SMILES string of the molecule is C=C1[CH]C=CC=C1Cl.[Cl-].[Zn]. The summed E-state index contributed by atoms with van der Waals surface area (Å²) < 4.78 is 0. The van der Waals surface area contributed by atoms with Gasteiger partial charge in [-0.05, 0) is 11.6 Å². The van der Waals surface area contributed by atoms with Crippen LogP contribution in [-0.2, 0) is 19.5 Å². The van der Waals surface area contributed by atoms with E-state index in [1.807, 2.05) is 24.6 Å². The van der Waals surface area contributed by atoms with Gasteiger partial charge in [-0.1, -0.05) is 30.3 Å². The second-order valence-corrected chi connectivity index (χ2v) is 2.00. The first-order valence-corrected chi connectivity index (χ1v) is 2.75. The van der Waals surface area contributed by atoms with E-state index in [1.165, 1.54) is 0 Å². The summed E-state index contributed by atoms with van der Waals surface area (Å²) in [4.78, 5) is 0. The van der Waals surface area contributed by atoms with E-state index in [9.17, 15) is 0 Å². The van der Waals surface area contributed by atoms with Crippen LogP contribution in [0.4, 0.5) is 0 Å². The van der Waals surface area contributed by atoms with Crippen LogP contribution in [0.5, 0.6) is 0 Å². The van der Waals surface area contributed by atoms with E-state index >= 15 is 0 Å². The number of hydrogen-bond donors (Lipinski definition) is 0. The third kappa shape index (κ3) is 3.56. The maximum Gasteiger partial charge on any atom is 0.0438 e. The normalized spacial score (nSPS) is 14.9. The largest absolute Gasteiger partial charge is 1.00 e. The van der Waals surface area contributed by atoms with E-state index in [2.05, 4.69) is 6.58 Å². The van der Waals surface area contributed by atoms with Crippen LogP contribution < -0.4 is 12.4 Å². The van der Waals surface area contributed by atoms with Gasteiger partial charge in [0.15, 0.2) is 0 Å². The van der Waals surface area contributed by atoms with Gasteiger partial charge in [0.1, 0.15) is 0 Å². The molecule has 0 saturated carbocycles. The van der Waals surface area contributed by atoms with Gasteiger partial charge in [-0.2, -0.15) is 0 Å². The zero-order valence-electron chi connectivity index (χ0n) is 5.48. The van der Waals surface area contributed by atoms with Crippen molar-refractivity contribution in [1.29, 1.82) is 0 Å². The fourth-order valence-corrected chi connectivity index (χ4v) is 0.634. The Morgan fingerprint density at radius 3 is 2.20 bits per heavy atom. The van der Waals surface area contributed by atoms with Crippen LogP contribution in [0.25, 0.3) is 0 Å². The van der Waals surface area contributed by atoms with Crippen LogP contribution in [-0.4, -0.2) is 0 Å². The Balaban J connectivity index is 0. The molecule has 0 spiro atoms. The maximum atomic E-state index is 5.65. The summed E-state index contributed by atoms with van der Waals surface area (Å²) in [5.41, 5.74) is 0.883. The van der Waals surface area contributed by atoms with Gasteiger partial charge in [0, 0.05) is 30.9 Å². The molecule has 0 aliphatic heterocycles. The van der Waals surface area contributed by atoms with Crippen LogP contribution in [0.3, 0.4) is 0 Å². The van der Waals surface area contributed by atoms with Gasteiger partial charge in [0.2, 0.25) is 0 Å². The molecule has 0 bridgehead atoms. The van der Waals surface area contributed by atoms with Gasteiger partial charge in [0.25, 0.3) is 0 Å². The van der Waals surface area contributed by atoms with Gasteiger partial charge >= 0.3 is 0 Å². The quantitative estimate of drug-likeness (QED) is 0.486. The molecule has 0 saturated heterocycles. The Bertz CT molecular complexity index is 170. The van der Waals surface area contributed by atoms with Crippen molar-refractivity contribution in [2.24, 2.45) is 0 Å². The van der Waals surface area contributed by atoms with E-state index in [0.29, 0.717) is 0 Å². The first-order chi connectivity index (χ1) is 3.80. The molecule has 10 heavy (non-hydrogen) atoms. The van der Waals surface area contributed by atoms with Crippen molar-refractivity contribution in [3.63, 3.8) is 0 Å². The van der Waals surface area contributed by atoms with Crippen LogP contribution in [0, 0.1) is 6.42 Å². The molecular formula is C7H6Cl2Zn-. The molecule has 0 aromatic rings. The molecule has 0 atom stereocenters. The van der Waals surface area contributed by atoms with Gasteiger partial charge in [0.05, 0.1) is 0 Å². The van der Waals surface area contributed by atoms with Crippen molar-refractivity contribution in [2.45, 2.75) is 0 Å². The zero-order valence-corrected chi connectivity index (χ0v) is 9.96. The molecule has 51 valence electrons. The van der Waals surface area contributed by atoms with E-state index in [-0.39, 0.29) is 31.9 Å². The smallest absolute Gasteiger partial charge is 0.0438 e. The molecule has 1 radical (unpaired) electrons. The predicted octanol–water partition coefficient (Wildman–Crippen LogP) is -0.559. The first-order valence-electron chi connectivity index (χ1n) is 2.37. The van der Waals surface area contributed by atoms with Crippen molar-refractivity contribution < 1.29 is 31.9 Å².